The molecule has 3 N–H and O–H groups in total. The second-order valence-electron chi connectivity index (χ2n) is 7.98. The third kappa shape index (κ3) is 3.39. The standard InChI is InChI=1S/C21H20F4N6OS/c1-10-6-11-7-27-19(16(11)18(28-10)17-12(22)4-3-5-13(17)23)31-9-15-21(24,25)14(29-33-26-2)8-30(15)20(31)32/h3-6,9,14,19,26-27,29H,7-8H2,1-2H3/t14-,19?/m1/s1. The van der Waals surface area contributed by atoms with E-state index in [1.54, 1.807) is 20.0 Å². The first kappa shape index (κ1) is 22.1. The van der Waals surface area contributed by atoms with Crippen LogP contribution in [0.3, 0.4) is 0 Å². The lowest BCUT2D eigenvalue weighted by atomic mass is 9.99. The molecule has 3 aromatic rings. The smallest absolute Gasteiger partial charge is 0.289 e. The van der Waals surface area contributed by atoms with Crippen molar-refractivity contribution in [2.75, 3.05) is 7.05 Å². The molecular weight excluding hydrogens is 460 g/mol. The monoisotopic (exact) mass is 480 g/mol. The molecule has 0 aliphatic carbocycles. The minimum absolute atomic E-state index is 0.0468. The molecule has 0 saturated heterocycles. The van der Waals surface area contributed by atoms with Gasteiger partial charge in [-0.15, -0.1) is 0 Å². The van der Waals surface area contributed by atoms with E-state index in [0.717, 1.165) is 39.6 Å². The number of hydrogen-bond acceptors (Lipinski definition) is 6. The molecule has 0 spiro atoms. The molecule has 0 fully saturated rings. The average molecular weight is 480 g/mol. The van der Waals surface area contributed by atoms with E-state index in [1.165, 1.54) is 6.07 Å². The fraction of sp³-hybridized carbons (Fsp3) is 0.333. The van der Waals surface area contributed by atoms with Crippen molar-refractivity contribution >= 4 is 12.1 Å². The zero-order chi connectivity index (χ0) is 23.5. The van der Waals surface area contributed by atoms with Crippen LogP contribution in [0.15, 0.2) is 35.3 Å². The van der Waals surface area contributed by atoms with Crippen LogP contribution in [-0.2, 0) is 19.0 Å². The summed E-state index contributed by atoms with van der Waals surface area (Å²) in [6.07, 6.45) is 0.212. The Hall–Kier alpha value is -2.67. The zero-order valence-electron chi connectivity index (χ0n) is 17.6. The third-order valence-electron chi connectivity index (χ3n) is 5.96. The maximum Gasteiger partial charge on any atom is 0.330 e. The fourth-order valence-corrected chi connectivity index (χ4v) is 4.99. The highest BCUT2D eigenvalue weighted by Crippen LogP contribution is 2.41. The molecule has 4 heterocycles. The van der Waals surface area contributed by atoms with Crippen LogP contribution in [0.1, 0.15) is 28.7 Å². The van der Waals surface area contributed by atoms with Crippen molar-refractivity contribution in [1.29, 1.82) is 0 Å². The molecule has 0 amide bonds. The van der Waals surface area contributed by atoms with Crippen LogP contribution >= 0.6 is 12.1 Å². The molecule has 2 aliphatic heterocycles. The number of nitrogens with zero attached hydrogens (tertiary/aromatic N) is 3. The number of hydrogen-bond donors (Lipinski definition) is 3. The number of rotatable bonds is 5. The number of pyridine rings is 1. The molecule has 33 heavy (non-hydrogen) atoms. The van der Waals surface area contributed by atoms with Crippen LogP contribution in [0.4, 0.5) is 17.6 Å². The van der Waals surface area contributed by atoms with Crippen molar-refractivity contribution in [2.45, 2.75) is 38.1 Å². The summed E-state index contributed by atoms with van der Waals surface area (Å²) < 4.78 is 66.7. The molecule has 174 valence electrons. The number of nitrogens with one attached hydrogen (secondary N) is 3. The van der Waals surface area contributed by atoms with E-state index in [4.69, 9.17) is 0 Å². The maximum absolute atomic E-state index is 15.0. The Morgan fingerprint density at radius 2 is 2.00 bits per heavy atom. The Morgan fingerprint density at radius 1 is 1.27 bits per heavy atom. The van der Waals surface area contributed by atoms with Gasteiger partial charge in [0.2, 0.25) is 0 Å². The normalized spacial score (nSPS) is 20.8. The van der Waals surface area contributed by atoms with Crippen molar-refractivity contribution in [1.82, 2.24) is 28.9 Å². The number of benzene rings is 1. The third-order valence-corrected chi connectivity index (χ3v) is 6.57. The highest BCUT2D eigenvalue weighted by atomic mass is 32.2. The summed E-state index contributed by atoms with van der Waals surface area (Å²) in [7, 11) is 1.59. The van der Waals surface area contributed by atoms with Gasteiger partial charge >= 0.3 is 11.6 Å². The summed E-state index contributed by atoms with van der Waals surface area (Å²) in [5, 5.41) is 3.11. The molecule has 2 atom stereocenters. The second-order valence-corrected chi connectivity index (χ2v) is 8.83. The predicted octanol–water partition coefficient (Wildman–Crippen LogP) is 2.79. The Morgan fingerprint density at radius 3 is 2.67 bits per heavy atom. The average Bonchev–Trinajstić information content (AvgIpc) is 3.38. The number of fused-ring (bicyclic) bond motifs is 2. The number of aromatic nitrogens is 3. The molecule has 1 unspecified atom stereocenters. The van der Waals surface area contributed by atoms with Crippen molar-refractivity contribution in [2.24, 2.45) is 0 Å². The van der Waals surface area contributed by atoms with Crippen LogP contribution in [0.5, 0.6) is 0 Å². The first-order valence-corrected chi connectivity index (χ1v) is 11.0. The topological polar surface area (TPSA) is 75.9 Å². The first-order chi connectivity index (χ1) is 15.7. The molecule has 0 radical (unpaired) electrons. The van der Waals surface area contributed by atoms with Gasteiger partial charge in [-0.2, -0.15) is 8.78 Å². The van der Waals surface area contributed by atoms with Gasteiger partial charge < -0.3 is 0 Å². The van der Waals surface area contributed by atoms with Crippen LogP contribution in [0.25, 0.3) is 11.3 Å². The van der Waals surface area contributed by atoms with Crippen molar-refractivity contribution in [3.63, 3.8) is 0 Å². The number of halogens is 4. The zero-order valence-corrected chi connectivity index (χ0v) is 18.4. The minimum Gasteiger partial charge on any atom is -0.289 e. The van der Waals surface area contributed by atoms with Crippen LogP contribution in [0, 0.1) is 18.6 Å². The van der Waals surface area contributed by atoms with Gasteiger partial charge in [0.25, 0.3) is 0 Å². The summed E-state index contributed by atoms with van der Waals surface area (Å²) in [5.74, 6) is -4.88. The van der Waals surface area contributed by atoms with Crippen molar-refractivity contribution < 1.29 is 17.6 Å². The molecule has 7 nitrogen and oxygen atoms in total. The van der Waals surface area contributed by atoms with Crippen molar-refractivity contribution in [3.05, 3.63) is 75.1 Å². The van der Waals surface area contributed by atoms with Gasteiger partial charge in [0.05, 0.1) is 17.8 Å². The van der Waals surface area contributed by atoms with Crippen LogP contribution in [-0.4, -0.2) is 27.2 Å². The quantitative estimate of drug-likeness (QED) is 0.385. The Labute approximate surface area is 190 Å². The van der Waals surface area contributed by atoms with Crippen LogP contribution < -0.4 is 20.5 Å². The van der Waals surface area contributed by atoms with Gasteiger partial charge in [-0.25, -0.2) is 18.3 Å². The van der Waals surface area contributed by atoms with Gasteiger partial charge in [0.1, 0.15) is 29.5 Å². The van der Waals surface area contributed by atoms with Gasteiger partial charge in [-0.1, -0.05) is 6.07 Å². The highest BCUT2D eigenvalue weighted by Gasteiger charge is 2.51. The van der Waals surface area contributed by atoms with Gasteiger partial charge in [-0.05, 0) is 37.7 Å². The number of imidazole rings is 1. The Bertz CT molecular complexity index is 1290. The van der Waals surface area contributed by atoms with Crippen molar-refractivity contribution in [3.8, 4) is 11.3 Å². The molecule has 0 bridgehead atoms. The van der Waals surface area contributed by atoms with E-state index in [2.05, 4.69) is 19.7 Å². The number of aryl methyl sites for hydroxylation is 1. The maximum atomic E-state index is 15.0. The van der Waals surface area contributed by atoms with E-state index >= 15 is 0 Å². The predicted molar refractivity (Wildman–Crippen MR) is 115 cm³/mol. The summed E-state index contributed by atoms with van der Waals surface area (Å²) in [5.41, 5.74) is 0.295. The Balaban J connectivity index is 1.63. The van der Waals surface area contributed by atoms with Gasteiger partial charge in [-0.3, -0.25) is 24.2 Å². The summed E-state index contributed by atoms with van der Waals surface area (Å²) in [4.78, 5) is 17.5. The van der Waals surface area contributed by atoms with E-state index in [0.29, 0.717) is 23.4 Å². The molecule has 2 aromatic heterocycles. The van der Waals surface area contributed by atoms with E-state index < -0.39 is 41.1 Å². The summed E-state index contributed by atoms with van der Waals surface area (Å²) >= 11 is 0.918. The molecular formula is C21H20F4N6OS. The first-order valence-electron chi connectivity index (χ1n) is 10.2. The molecule has 1 aromatic carbocycles. The fourth-order valence-electron chi connectivity index (χ4n) is 4.51. The summed E-state index contributed by atoms with van der Waals surface area (Å²) in [6, 6.07) is 4.00. The lowest BCUT2D eigenvalue weighted by Gasteiger charge is -2.20. The van der Waals surface area contributed by atoms with E-state index in [1.807, 2.05) is 0 Å². The SMILES string of the molecule is CNSN[C@@H]1Cn2c(cn(C3NCc4cc(C)nc(-c5c(F)cccc5F)c43)c2=O)C1(F)F. The molecule has 12 heteroatoms. The lowest BCUT2D eigenvalue weighted by Crippen LogP contribution is -2.40. The second kappa shape index (κ2) is 7.97. The minimum atomic E-state index is -3.29. The Kier molecular flexibility index (Phi) is 5.35. The molecule has 5 rings (SSSR count). The lowest BCUT2D eigenvalue weighted by molar-refractivity contribution is -0.0242. The molecule has 0 saturated carbocycles. The number of alkyl halides is 2. The largest absolute Gasteiger partial charge is 0.330 e. The van der Waals surface area contributed by atoms with E-state index in [9.17, 15) is 22.4 Å². The van der Waals surface area contributed by atoms with Gasteiger partial charge in [0, 0.05) is 36.1 Å². The highest BCUT2D eigenvalue weighted by molar-refractivity contribution is 7.95. The molecule has 2 aliphatic rings. The van der Waals surface area contributed by atoms with E-state index in [-0.39, 0.29) is 17.8 Å². The summed E-state index contributed by atoms with van der Waals surface area (Å²) in [6.45, 7) is 1.77. The van der Waals surface area contributed by atoms with Gasteiger partial charge in [0.15, 0.2) is 0 Å². The van der Waals surface area contributed by atoms with Crippen LogP contribution in [0.2, 0.25) is 0 Å².